The molecule has 0 fully saturated rings. The molecule has 0 aliphatic carbocycles. The van der Waals surface area contributed by atoms with Crippen molar-refractivity contribution < 1.29 is 9.18 Å². The van der Waals surface area contributed by atoms with E-state index in [4.69, 9.17) is 0 Å². The van der Waals surface area contributed by atoms with Gasteiger partial charge < -0.3 is 15.5 Å². The van der Waals surface area contributed by atoms with Crippen LogP contribution in [0.4, 0.5) is 22.0 Å². The van der Waals surface area contributed by atoms with Crippen molar-refractivity contribution in [3.63, 3.8) is 0 Å². The first-order valence-electron chi connectivity index (χ1n) is 11.5. The van der Waals surface area contributed by atoms with Gasteiger partial charge in [-0.2, -0.15) is 4.98 Å². The molecule has 0 bridgehead atoms. The number of fused-ring (bicyclic) bond motifs is 1. The maximum atomic E-state index is 12.5. The highest BCUT2D eigenvalue weighted by Gasteiger charge is 2.17. The third-order valence-corrected chi connectivity index (χ3v) is 5.37. The molecule has 3 aromatic heterocycles. The average Bonchev–Trinajstić information content (AvgIpc) is 2.82. The standard InChI is InChI=1S/C24H32FN7O/c1-5-7-12-32(6-2)24-27-10-8-20(31-24)30-21-13-17-18(16(3)4)14-29-22(19(17)15-28-21)23(33)26-11-9-25/h8,10,13-16H,5-7,9,11-12H2,1-4H3,(H,26,33)(H,27,28,30,31). The highest BCUT2D eigenvalue weighted by Crippen LogP contribution is 2.29. The molecule has 0 aliphatic heterocycles. The van der Waals surface area contributed by atoms with Crippen LogP contribution in [0.1, 0.15) is 62.5 Å². The van der Waals surface area contributed by atoms with Crippen molar-refractivity contribution in [2.75, 3.05) is 36.5 Å². The van der Waals surface area contributed by atoms with Crippen molar-refractivity contribution in [3.8, 4) is 0 Å². The van der Waals surface area contributed by atoms with Crippen LogP contribution in [0.5, 0.6) is 0 Å². The molecule has 176 valence electrons. The lowest BCUT2D eigenvalue weighted by Crippen LogP contribution is -2.26. The van der Waals surface area contributed by atoms with Gasteiger partial charge in [0.2, 0.25) is 5.95 Å². The Morgan fingerprint density at radius 3 is 2.64 bits per heavy atom. The fourth-order valence-electron chi connectivity index (χ4n) is 3.56. The smallest absolute Gasteiger partial charge is 0.270 e. The summed E-state index contributed by atoms with van der Waals surface area (Å²) in [6, 6.07) is 3.70. The molecule has 0 aromatic carbocycles. The highest BCUT2D eigenvalue weighted by atomic mass is 19.1. The summed E-state index contributed by atoms with van der Waals surface area (Å²) in [7, 11) is 0. The van der Waals surface area contributed by atoms with E-state index in [2.05, 4.69) is 63.2 Å². The summed E-state index contributed by atoms with van der Waals surface area (Å²) in [6.45, 7) is 9.44. The highest BCUT2D eigenvalue weighted by molar-refractivity contribution is 6.06. The van der Waals surface area contributed by atoms with Gasteiger partial charge in [0.05, 0.1) is 0 Å². The van der Waals surface area contributed by atoms with Crippen LogP contribution < -0.4 is 15.5 Å². The van der Waals surface area contributed by atoms with Crippen molar-refractivity contribution in [2.45, 2.75) is 46.5 Å². The van der Waals surface area contributed by atoms with Crippen LogP contribution in [0.3, 0.4) is 0 Å². The lowest BCUT2D eigenvalue weighted by atomic mass is 9.98. The van der Waals surface area contributed by atoms with E-state index in [1.165, 1.54) is 0 Å². The number of rotatable bonds is 11. The zero-order valence-corrected chi connectivity index (χ0v) is 19.7. The van der Waals surface area contributed by atoms with E-state index < -0.39 is 12.6 Å². The molecule has 9 heteroatoms. The number of carbonyl (C=O) groups excluding carboxylic acids is 1. The summed E-state index contributed by atoms with van der Waals surface area (Å²) in [5, 5.41) is 7.30. The van der Waals surface area contributed by atoms with Gasteiger partial charge in [-0.25, -0.2) is 14.4 Å². The number of hydrogen-bond acceptors (Lipinski definition) is 7. The summed E-state index contributed by atoms with van der Waals surface area (Å²) in [5.74, 6) is 1.70. The second-order valence-electron chi connectivity index (χ2n) is 8.08. The van der Waals surface area contributed by atoms with Crippen LogP contribution in [0.25, 0.3) is 10.8 Å². The minimum atomic E-state index is -0.630. The van der Waals surface area contributed by atoms with Crippen LogP contribution >= 0.6 is 0 Å². The first-order valence-corrected chi connectivity index (χ1v) is 11.5. The number of hydrogen-bond donors (Lipinski definition) is 2. The molecule has 0 aliphatic rings. The Kier molecular flexibility index (Phi) is 8.46. The zero-order valence-electron chi connectivity index (χ0n) is 19.7. The number of halogens is 1. The lowest BCUT2D eigenvalue weighted by Gasteiger charge is -2.20. The number of pyridine rings is 2. The largest absolute Gasteiger partial charge is 0.348 e. The van der Waals surface area contributed by atoms with Crippen LogP contribution in [0, 0.1) is 0 Å². The maximum absolute atomic E-state index is 12.5. The normalized spacial score (nSPS) is 11.1. The number of nitrogens with zero attached hydrogens (tertiary/aromatic N) is 5. The summed E-state index contributed by atoms with van der Waals surface area (Å²) in [6.07, 6.45) is 7.25. The second-order valence-corrected chi connectivity index (χ2v) is 8.08. The van der Waals surface area contributed by atoms with Gasteiger partial charge in [0.1, 0.15) is 24.0 Å². The third-order valence-electron chi connectivity index (χ3n) is 5.37. The first-order chi connectivity index (χ1) is 16.0. The minimum Gasteiger partial charge on any atom is -0.348 e. The quantitative estimate of drug-likeness (QED) is 0.438. The Labute approximate surface area is 194 Å². The molecule has 0 atom stereocenters. The van der Waals surface area contributed by atoms with Crippen LogP contribution in [-0.4, -0.2) is 52.2 Å². The van der Waals surface area contributed by atoms with Gasteiger partial charge in [-0.3, -0.25) is 9.78 Å². The molecule has 3 heterocycles. The second kappa shape index (κ2) is 11.5. The van der Waals surface area contributed by atoms with Gasteiger partial charge in [-0.15, -0.1) is 0 Å². The SMILES string of the molecule is CCCCN(CC)c1nccc(Nc2cc3c(C(C)C)cnc(C(=O)NCCF)c3cn2)n1. The predicted molar refractivity (Wildman–Crippen MR) is 130 cm³/mol. The number of anilines is 3. The fraction of sp³-hybridized carbons (Fsp3) is 0.458. The monoisotopic (exact) mass is 453 g/mol. The topological polar surface area (TPSA) is 95.9 Å². The number of unbranched alkanes of at least 4 members (excludes halogenated alkanes) is 1. The predicted octanol–water partition coefficient (Wildman–Crippen LogP) is 4.61. The van der Waals surface area contributed by atoms with Gasteiger partial charge in [0, 0.05) is 43.6 Å². The average molecular weight is 454 g/mol. The molecule has 8 nitrogen and oxygen atoms in total. The summed E-state index contributed by atoms with van der Waals surface area (Å²) < 4.78 is 12.5. The molecule has 3 aromatic rings. The van der Waals surface area contributed by atoms with E-state index in [9.17, 15) is 9.18 Å². The Hall–Kier alpha value is -3.36. The Morgan fingerprint density at radius 2 is 1.94 bits per heavy atom. The molecule has 0 radical (unpaired) electrons. The van der Waals surface area contributed by atoms with E-state index in [0.29, 0.717) is 23.0 Å². The van der Waals surface area contributed by atoms with Crippen molar-refractivity contribution in [1.29, 1.82) is 0 Å². The van der Waals surface area contributed by atoms with E-state index in [-0.39, 0.29) is 18.2 Å². The Morgan fingerprint density at radius 1 is 1.12 bits per heavy atom. The summed E-state index contributed by atoms with van der Waals surface area (Å²) >= 11 is 0. The van der Waals surface area contributed by atoms with E-state index >= 15 is 0 Å². The molecular weight excluding hydrogens is 421 g/mol. The van der Waals surface area contributed by atoms with E-state index in [0.717, 1.165) is 36.9 Å². The van der Waals surface area contributed by atoms with Gasteiger partial charge in [0.25, 0.3) is 5.91 Å². The van der Waals surface area contributed by atoms with Gasteiger partial charge in [-0.1, -0.05) is 27.2 Å². The van der Waals surface area contributed by atoms with Crippen LogP contribution in [0.2, 0.25) is 0 Å². The van der Waals surface area contributed by atoms with Crippen molar-refractivity contribution >= 4 is 34.3 Å². The van der Waals surface area contributed by atoms with Gasteiger partial charge >= 0.3 is 0 Å². The maximum Gasteiger partial charge on any atom is 0.270 e. The molecule has 1 amide bonds. The van der Waals surface area contributed by atoms with Gasteiger partial charge in [-0.05, 0) is 42.3 Å². The Balaban J connectivity index is 1.94. The lowest BCUT2D eigenvalue weighted by molar-refractivity contribution is 0.0947. The Bertz CT molecular complexity index is 1090. The van der Waals surface area contributed by atoms with Gasteiger partial charge in [0.15, 0.2) is 0 Å². The molecule has 3 rings (SSSR count). The third kappa shape index (κ3) is 5.91. The molecule has 0 spiro atoms. The molecule has 0 saturated heterocycles. The first kappa shape index (κ1) is 24.3. The number of nitrogens with one attached hydrogen (secondary N) is 2. The molecular formula is C24H32FN7O. The molecule has 2 N–H and O–H groups in total. The number of alkyl halides is 1. The number of aromatic nitrogens is 4. The molecule has 33 heavy (non-hydrogen) atoms. The van der Waals surface area contributed by atoms with Crippen molar-refractivity contribution in [2.24, 2.45) is 0 Å². The van der Waals surface area contributed by atoms with Crippen LogP contribution in [-0.2, 0) is 0 Å². The van der Waals surface area contributed by atoms with E-state index in [1.54, 1.807) is 24.7 Å². The fourth-order valence-corrected chi connectivity index (χ4v) is 3.56. The van der Waals surface area contributed by atoms with Crippen molar-refractivity contribution in [3.05, 3.63) is 42.0 Å². The van der Waals surface area contributed by atoms with E-state index in [1.807, 2.05) is 6.07 Å². The minimum absolute atomic E-state index is 0.0515. The summed E-state index contributed by atoms with van der Waals surface area (Å²) in [5.41, 5.74) is 1.23. The number of amides is 1. The molecule has 0 unspecified atom stereocenters. The zero-order chi connectivity index (χ0) is 23.8. The van der Waals surface area contributed by atoms with Crippen molar-refractivity contribution in [1.82, 2.24) is 25.3 Å². The number of carbonyl (C=O) groups is 1. The van der Waals surface area contributed by atoms with Crippen LogP contribution in [0.15, 0.2) is 30.7 Å². The summed E-state index contributed by atoms with van der Waals surface area (Å²) in [4.78, 5) is 32.5. The molecule has 0 saturated carbocycles.